The lowest BCUT2D eigenvalue weighted by molar-refractivity contribution is -0.134. The standard InChI is InChI=1S/C29H29N3O5S/c1-2-37-24-9-6-8-23(18-24)22-16-14-21(15-17-22)19-31-29(38(35,36)25-10-4-3-5-11-25)26-12-7-13-27(32-26)30-20-28(33)34/h3-18,29,31H,2,19-20H2,1H3,(H,30,32)(H,33,34). The third-order valence-corrected chi connectivity index (χ3v) is 7.72. The van der Waals surface area contributed by atoms with Crippen molar-refractivity contribution in [1.82, 2.24) is 10.3 Å². The molecular formula is C29H29N3O5S. The van der Waals surface area contributed by atoms with Crippen molar-refractivity contribution in [2.75, 3.05) is 18.5 Å². The summed E-state index contributed by atoms with van der Waals surface area (Å²) >= 11 is 0. The number of aliphatic carboxylic acids is 1. The largest absolute Gasteiger partial charge is 0.494 e. The summed E-state index contributed by atoms with van der Waals surface area (Å²) in [5, 5.41) is 13.7. The van der Waals surface area contributed by atoms with Gasteiger partial charge >= 0.3 is 5.97 Å². The number of carboxylic acid groups (broad SMARTS) is 1. The van der Waals surface area contributed by atoms with Crippen molar-refractivity contribution in [3.8, 4) is 16.9 Å². The van der Waals surface area contributed by atoms with Crippen LogP contribution in [0.5, 0.6) is 5.75 Å². The first-order valence-electron chi connectivity index (χ1n) is 12.1. The Morgan fingerprint density at radius 3 is 2.37 bits per heavy atom. The molecule has 9 heteroatoms. The number of nitrogens with zero attached hydrogens (tertiary/aromatic N) is 1. The summed E-state index contributed by atoms with van der Waals surface area (Å²) < 4.78 is 32.8. The first kappa shape index (κ1) is 26.8. The van der Waals surface area contributed by atoms with E-state index in [4.69, 9.17) is 9.84 Å². The summed E-state index contributed by atoms with van der Waals surface area (Å²) in [6, 6.07) is 28.7. The van der Waals surface area contributed by atoms with Crippen molar-refractivity contribution in [1.29, 1.82) is 0 Å². The summed E-state index contributed by atoms with van der Waals surface area (Å²) in [6.45, 7) is 2.47. The van der Waals surface area contributed by atoms with Crippen LogP contribution in [0.3, 0.4) is 0 Å². The maximum atomic E-state index is 13.6. The highest BCUT2D eigenvalue weighted by atomic mass is 32.2. The Balaban J connectivity index is 1.58. The highest BCUT2D eigenvalue weighted by molar-refractivity contribution is 7.91. The van der Waals surface area contributed by atoms with Crippen molar-refractivity contribution < 1.29 is 23.1 Å². The highest BCUT2D eigenvalue weighted by Gasteiger charge is 2.30. The second kappa shape index (κ2) is 12.4. The lowest BCUT2D eigenvalue weighted by atomic mass is 10.0. The molecular weight excluding hydrogens is 502 g/mol. The number of aromatic nitrogens is 1. The zero-order valence-corrected chi connectivity index (χ0v) is 21.7. The van der Waals surface area contributed by atoms with Gasteiger partial charge in [-0.2, -0.15) is 0 Å². The van der Waals surface area contributed by atoms with Crippen LogP contribution >= 0.6 is 0 Å². The number of ether oxygens (including phenoxy) is 1. The predicted molar refractivity (Wildman–Crippen MR) is 147 cm³/mol. The molecule has 1 heterocycles. The number of carbonyl (C=O) groups is 1. The maximum Gasteiger partial charge on any atom is 0.322 e. The normalized spacial score (nSPS) is 12.0. The molecule has 1 unspecified atom stereocenters. The second-order valence-electron chi connectivity index (χ2n) is 8.47. The Kier molecular flexibility index (Phi) is 8.73. The average Bonchev–Trinajstić information content (AvgIpc) is 2.93. The lowest BCUT2D eigenvalue weighted by Gasteiger charge is -2.20. The van der Waals surface area contributed by atoms with Crippen LogP contribution in [0, 0.1) is 0 Å². The molecule has 196 valence electrons. The molecule has 0 radical (unpaired) electrons. The molecule has 1 aromatic heterocycles. The van der Waals surface area contributed by atoms with Gasteiger partial charge in [0.15, 0.2) is 15.2 Å². The molecule has 4 rings (SSSR count). The Labute approximate surface area is 222 Å². The van der Waals surface area contributed by atoms with E-state index in [1.807, 2.05) is 55.5 Å². The van der Waals surface area contributed by atoms with E-state index in [2.05, 4.69) is 15.6 Å². The fraction of sp³-hybridized carbons (Fsp3) is 0.172. The smallest absolute Gasteiger partial charge is 0.322 e. The first-order chi connectivity index (χ1) is 18.4. The van der Waals surface area contributed by atoms with E-state index in [-0.39, 0.29) is 29.5 Å². The van der Waals surface area contributed by atoms with Crippen LogP contribution in [-0.4, -0.2) is 37.6 Å². The number of carboxylic acids is 1. The first-order valence-corrected chi connectivity index (χ1v) is 13.7. The van der Waals surface area contributed by atoms with Gasteiger partial charge in [0.1, 0.15) is 18.1 Å². The highest BCUT2D eigenvalue weighted by Crippen LogP contribution is 2.28. The molecule has 3 aromatic carbocycles. The van der Waals surface area contributed by atoms with Crippen LogP contribution in [0.15, 0.2) is 102 Å². The fourth-order valence-electron chi connectivity index (χ4n) is 3.94. The van der Waals surface area contributed by atoms with Gasteiger partial charge in [-0.15, -0.1) is 0 Å². The van der Waals surface area contributed by atoms with Crippen molar-refractivity contribution in [2.24, 2.45) is 0 Å². The number of sulfone groups is 1. The van der Waals surface area contributed by atoms with Crippen molar-refractivity contribution >= 4 is 21.6 Å². The summed E-state index contributed by atoms with van der Waals surface area (Å²) in [5.74, 6) is 0.0349. The van der Waals surface area contributed by atoms with Gasteiger partial charge in [-0.05, 0) is 60.0 Å². The number of hydrogen-bond donors (Lipinski definition) is 3. The molecule has 0 saturated carbocycles. The molecule has 0 fully saturated rings. The average molecular weight is 532 g/mol. The lowest BCUT2D eigenvalue weighted by Crippen LogP contribution is -2.29. The molecule has 1 atom stereocenters. The Bertz CT molecular complexity index is 1480. The molecule has 38 heavy (non-hydrogen) atoms. The number of benzene rings is 3. The van der Waals surface area contributed by atoms with Crippen molar-refractivity contribution in [3.05, 3.63) is 108 Å². The molecule has 0 aliphatic heterocycles. The number of pyridine rings is 1. The molecule has 0 aliphatic rings. The number of hydrogen-bond acceptors (Lipinski definition) is 7. The number of anilines is 1. The molecule has 4 aromatic rings. The van der Waals surface area contributed by atoms with E-state index in [1.165, 1.54) is 0 Å². The van der Waals surface area contributed by atoms with Crippen LogP contribution in [0.25, 0.3) is 11.1 Å². The van der Waals surface area contributed by atoms with E-state index >= 15 is 0 Å². The van der Waals surface area contributed by atoms with Gasteiger partial charge in [0.2, 0.25) is 0 Å². The molecule has 0 bridgehead atoms. The van der Waals surface area contributed by atoms with Crippen LogP contribution in [0.4, 0.5) is 5.82 Å². The van der Waals surface area contributed by atoms with Gasteiger partial charge in [0, 0.05) is 6.54 Å². The molecule has 0 saturated heterocycles. The van der Waals surface area contributed by atoms with Gasteiger partial charge in [-0.3, -0.25) is 10.1 Å². The Morgan fingerprint density at radius 2 is 1.66 bits per heavy atom. The molecule has 0 aliphatic carbocycles. The third-order valence-electron chi connectivity index (χ3n) is 5.77. The van der Waals surface area contributed by atoms with Gasteiger partial charge in [0.05, 0.1) is 17.2 Å². The Morgan fingerprint density at radius 1 is 0.921 bits per heavy atom. The third kappa shape index (κ3) is 6.76. The van der Waals surface area contributed by atoms with Gasteiger partial charge in [0.25, 0.3) is 0 Å². The number of rotatable bonds is 12. The minimum absolute atomic E-state index is 0.160. The Hall–Kier alpha value is -4.21. The minimum Gasteiger partial charge on any atom is -0.494 e. The van der Waals surface area contributed by atoms with E-state index in [9.17, 15) is 13.2 Å². The van der Waals surface area contributed by atoms with Crippen LogP contribution in [0.2, 0.25) is 0 Å². The molecule has 0 amide bonds. The summed E-state index contributed by atoms with van der Waals surface area (Å²) in [4.78, 5) is 15.5. The maximum absolute atomic E-state index is 13.6. The van der Waals surface area contributed by atoms with Gasteiger partial charge in [-0.1, -0.05) is 60.7 Å². The summed E-state index contributed by atoms with van der Waals surface area (Å²) in [5.41, 5.74) is 3.19. The zero-order chi connectivity index (χ0) is 27.0. The van der Waals surface area contributed by atoms with Crippen LogP contribution in [0.1, 0.15) is 23.6 Å². The van der Waals surface area contributed by atoms with Gasteiger partial charge in [-0.25, -0.2) is 13.4 Å². The predicted octanol–water partition coefficient (Wildman–Crippen LogP) is 4.91. The zero-order valence-electron chi connectivity index (χ0n) is 20.9. The molecule has 8 nitrogen and oxygen atoms in total. The second-order valence-corrected chi connectivity index (χ2v) is 10.5. The number of nitrogens with one attached hydrogen (secondary N) is 2. The SMILES string of the molecule is CCOc1cccc(-c2ccc(CNC(c3cccc(NCC(=O)O)n3)S(=O)(=O)c3ccccc3)cc2)c1. The van der Waals surface area contributed by atoms with E-state index in [0.717, 1.165) is 22.4 Å². The van der Waals surface area contributed by atoms with Crippen molar-refractivity contribution in [2.45, 2.75) is 23.7 Å². The van der Waals surface area contributed by atoms with Crippen LogP contribution in [-0.2, 0) is 21.2 Å². The van der Waals surface area contributed by atoms with Crippen LogP contribution < -0.4 is 15.4 Å². The summed E-state index contributed by atoms with van der Waals surface area (Å²) in [7, 11) is -3.87. The van der Waals surface area contributed by atoms with Gasteiger partial charge < -0.3 is 15.2 Å². The minimum atomic E-state index is -3.87. The molecule has 0 spiro atoms. The summed E-state index contributed by atoms with van der Waals surface area (Å²) in [6.07, 6.45) is 0. The fourth-order valence-corrected chi connectivity index (χ4v) is 5.50. The van der Waals surface area contributed by atoms with Crippen molar-refractivity contribution in [3.63, 3.8) is 0 Å². The molecule has 3 N–H and O–H groups in total. The van der Waals surface area contributed by atoms with E-state index in [1.54, 1.807) is 48.5 Å². The monoisotopic (exact) mass is 531 g/mol. The topological polar surface area (TPSA) is 118 Å². The quantitative estimate of drug-likeness (QED) is 0.236. The van der Waals surface area contributed by atoms with E-state index in [0.29, 0.717) is 6.61 Å². The van der Waals surface area contributed by atoms with E-state index < -0.39 is 21.2 Å².